The molecule has 7 nitrogen and oxygen atoms in total. The minimum atomic E-state index is -0.645. The van der Waals surface area contributed by atoms with Crippen LogP contribution >= 0.6 is 34.4 Å². The van der Waals surface area contributed by atoms with E-state index < -0.39 is 5.79 Å². The molecule has 148 valence electrons. The standard InChI is InChI=1S/C19H22IN5O2S/c1-19(2)26-13-9-11(20)15(10-14(13)27-19)28-18-23-16-12(5-6-22-17(16)21)25(18)8-7-24(3)4/h5-6,9-10H,7-8H2,1-4H3,(H2,21,22). The van der Waals surface area contributed by atoms with Gasteiger partial charge in [-0.25, -0.2) is 9.97 Å². The second kappa shape index (κ2) is 7.27. The van der Waals surface area contributed by atoms with Gasteiger partial charge in [0.05, 0.1) is 5.52 Å². The number of anilines is 1. The molecular formula is C19H22IN5O2S. The topological polar surface area (TPSA) is 78.4 Å². The lowest BCUT2D eigenvalue weighted by Crippen LogP contribution is -2.29. The molecule has 0 bridgehead atoms. The van der Waals surface area contributed by atoms with Crippen molar-refractivity contribution in [2.45, 2.75) is 36.2 Å². The Labute approximate surface area is 181 Å². The van der Waals surface area contributed by atoms with E-state index in [1.807, 2.05) is 32.0 Å². The molecule has 1 aliphatic rings. The second-order valence-corrected chi connectivity index (χ2v) is 9.52. The van der Waals surface area contributed by atoms with Crippen molar-refractivity contribution < 1.29 is 9.47 Å². The van der Waals surface area contributed by atoms with Gasteiger partial charge in [0.1, 0.15) is 5.52 Å². The van der Waals surface area contributed by atoms with Crippen molar-refractivity contribution in [2.24, 2.45) is 0 Å². The van der Waals surface area contributed by atoms with Gasteiger partial charge in [-0.05, 0) is 54.9 Å². The highest BCUT2D eigenvalue weighted by atomic mass is 127. The number of ether oxygens (including phenoxy) is 2. The molecule has 0 saturated heterocycles. The fourth-order valence-corrected chi connectivity index (χ4v) is 4.77. The molecule has 2 N–H and O–H groups in total. The van der Waals surface area contributed by atoms with Crippen LogP contribution in [0.25, 0.3) is 11.0 Å². The molecule has 9 heteroatoms. The summed E-state index contributed by atoms with van der Waals surface area (Å²) in [7, 11) is 4.12. The Hall–Kier alpha value is -1.72. The molecule has 3 heterocycles. The van der Waals surface area contributed by atoms with Crippen LogP contribution in [-0.4, -0.2) is 45.9 Å². The summed E-state index contributed by atoms with van der Waals surface area (Å²) in [5.41, 5.74) is 7.81. The number of nitrogen functional groups attached to an aromatic ring is 1. The Morgan fingerprint density at radius 3 is 2.68 bits per heavy atom. The Morgan fingerprint density at radius 1 is 1.25 bits per heavy atom. The zero-order valence-electron chi connectivity index (χ0n) is 16.2. The Kier molecular flexibility index (Phi) is 5.09. The lowest BCUT2D eigenvalue weighted by molar-refractivity contribution is -0.0432. The number of imidazole rings is 1. The van der Waals surface area contributed by atoms with E-state index in [0.717, 1.165) is 49.2 Å². The van der Waals surface area contributed by atoms with E-state index in [4.69, 9.17) is 20.2 Å². The molecule has 0 fully saturated rings. The summed E-state index contributed by atoms with van der Waals surface area (Å²) in [6, 6.07) is 6.00. The summed E-state index contributed by atoms with van der Waals surface area (Å²) in [5, 5.41) is 0.882. The van der Waals surface area contributed by atoms with Gasteiger partial charge < -0.3 is 24.7 Å². The molecule has 0 aliphatic carbocycles. The van der Waals surface area contributed by atoms with Crippen molar-refractivity contribution in [3.63, 3.8) is 0 Å². The number of nitrogens with two attached hydrogens (primary N) is 1. The number of nitrogens with zero attached hydrogens (tertiary/aromatic N) is 4. The van der Waals surface area contributed by atoms with E-state index >= 15 is 0 Å². The van der Waals surface area contributed by atoms with Gasteiger partial charge in [0, 0.05) is 41.6 Å². The van der Waals surface area contributed by atoms with Crippen LogP contribution in [0.1, 0.15) is 13.8 Å². The Balaban J connectivity index is 1.74. The van der Waals surface area contributed by atoms with E-state index in [1.54, 1.807) is 18.0 Å². The third kappa shape index (κ3) is 3.74. The smallest absolute Gasteiger partial charge is 0.246 e. The maximum atomic E-state index is 6.08. The van der Waals surface area contributed by atoms with Crippen molar-refractivity contribution in [2.75, 3.05) is 26.4 Å². The maximum Gasteiger partial charge on any atom is 0.246 e. The zero-order valence-corrected chi connectivity index (χ0v) is 19.2. The van der Waals surface area contributed by atoms with Gasteiger partial charge in [0.2, 0.25) is 5.79 Å². The van der Waals surface area contributed by atoms with Crippen LogP contribution in [0.5, 0.6) is 11.5 Å². The van der Waals surface area contributed by atoms with E-state index in [9.17, 15) is 0 Å². The molecule has 2 aromatic heterocycles. The monoisotopic (exact) mass is 511 g/mol. The minimum absolute atomic E-state index is 0.449. The first-order valence-corrected chi connectivity index (χ1v) is 10.8. The Morgan fingerprint density at radius 2 is 1.96 bits per heavy atom. The highest BCUT2D eigenvalue weighted by molar-refractivity contribution is 14.1. The summed E-state index contributed by atoms with van der Waals surface area (Å²) in [6.45, 7) is 5.52. The normalized spacial score (nSPS) is 14.9. The molecule has 1 aliphatic heterocycles. The molecule has 0 unspecified atom stereocenters. The molecule has 0 radical (unpaired) electrons. The second-order valence-electron chi connectivity index (χ2n) is 7.35. The number of rotatable bonds is 5. The lowest BCUT2D eigenvalue weighted by atomic mass is 10.3. The first kappa shape index (κ1) is 19.6. The third-order valence-corrected chi connectivity index (χ3v) is 6.65. The molecule has 1 aromatic carbocycles. The number of benzene rings is 1. The number of fused-ring (bicyclic) bond motifs is 2. The SMILES string of the molecule is CN(C)CCn1c(Sc2cc3c(cc2I)OC(C)(C)O3)nc2c(N)nccc21. The largest absolute Gasteiger partial charge is 0.449 e. The molecule has 0 atom stereocenters. The quantitative estimate of drug-likeness (QED) is 0.522. The van der Waals surface area contributed by atoms with Gasteiger partial charge >= 0.3 is 0 Å². The van der Waals surface area contributed by atoms with Crippen LogP contribution in [0.3, 0.4) is 0 Å². The molecule has 0 spiro atoms. The fraction of sp³-hybridized carbons (Fsp3) is 0.368. The summed E-state index contributed by atoms with van der Waals surface area (Å²) in [6.07, 6.45) is 1.73. The van der Waals surface area contributed by atoms with Gasteiger partial charge in [0.15, 0.2) is 22.5 Å². The van der Waals surface area contributed by atoms with Crippen molar-refractivity contribution >= 4 is 51.2 Å². The third-order valence-electron chi connectivity index (χ3n) is 4.34. The first-order valence-electron chi connectivity index (χ1n) is 8.88. The summed E-state index contributed by atoms with van der Waals surface area (Å²) >= 11 is 3.92. The van der Waals surface area contributed by atoms with Gasteiger partial charge in [0.25, 0.3) is 0 Å². The number of hydrogen-bond acceptors (Lipinski definition) is 7. The van der Waals surface area contributed by atoms with Gasteiger partial charge in [-0.15, -0.1) is 0 Å². The van der Waals surface area contributed by atoms with E-state index in [2.05, 4.69) is 51.1 Å². The van der Waals surface area contributed by atoms with Crippen LogP contribution in [0.4, 0.5) is 5.82 Å². The van der Waals surface area contributed by atoms with Crippen LogP contribution in [-0.2, 0) is 6.54 Å². The molecule has 0 saturated carbocycles. The summed E-state index contributed by atoms with van der Waals surface area (Å²) in [5.74, 6) is 1.33. The molecule has 28 heavy (non-hydrogen) atoms. The molecular weight excluding hydrogens is 489 g/mol. The van der Waals surface area contributed by atoms with Crippen molar-refractivity contribution in [3.8, 4) is 11.5 Å². The minimum Gasteiger partial charge on any atom is -0.449 e. The number of likely N-dealkylation sites (N-methyl/N-ethyl adjacent to an activating group) is 1. The van der Waals surface area contributed by atoms with Gasteiger partial charge in [-0.1, -0.05) is 11.8 Å². The summed E-state index contributed by atoms with van der Waals surface area (Å²) < 4.78 is 15.0. The average molecular weight is 511 g/mol. The number of halogens is 1. The number of pyridine rings is 1. The van der Waals surface area contributed by atoms with Crippen molar-refractivity contribution in [3.05, 3.63) is 28.0 Å². The number of hydrogen-bond donors (Lipinski definition) is 1. The number of aromatic nitrogens is 3. The van der Waals surface area contributed by atoms with Crippen LogP contribution in [0, 0.1) is 3.57 Å². The van der Waals surface area contributed by atoms with Crippen molar-refractivity contribution in [1.82, 2.24) is 19.4 Å². The van der Waals surface area contributed by atoms with E-state index in [0.29, 0.717) is 5.82 Å². The highest BCUT2D eigenvalue weighted by Gasteiger charge is 2.32. The molecule has 3 aromatic rings. The van der Waals surface area contributed by atoms with Gasteiger partial charge in [-0.2, -0.15) is 0 Å². The van der Waals surface area contributed by atoms with E-state index in [1.165, 1.54) is 0 Å². The molecule has 0 amide bonds. The van der Waals surface area contributed by atoms with Crippen molar-refractivity contribution in [1.29, 1.82) is 0 Å². The average Bonchev–Trinajstić information content (AvgIpc) is 3.09. The molecule has 4 rings (SSSR count). The maximum absolute atomic E-state index is 6.08. The van der Waals surface area contributed by atoms with Crippen LogP contribution < -0.4 is 15.2 Å². The van der Waals surface area contributed by atoms with Gasteiger partial charge in [-0.3, -0.25) is 0 Å². The fourth-order valence-electron chi connectivity index (χ4n) is 3.05. The van der Waals surface area contributed by atoms with Crippen LogP contribution in [0.2, 0.25) is 0 Å². The summed E-state index contributed by atoms with van der Waals surface area (Å²) in [4.78, 5) is 12.2. The zero-order chi connectivity index (χ0) is 20.1. The lowest BCUT2D eigenvalue weighted by Gasteiger charge is -2.16. The predicted molar refractivity (Wildman–Crippen MR) is 119 cm³/mol. The van der Waals surface area contributed by atoms with Crippen LogP contribution in [0.15, 0.2) is 34.4 Å². The van der Waals surface area contributed by atoms with E-state index in [-0.39, 0.29) is 0 Å². The predicted octanol–water partition coefficient (Wildman–Crippen LogP) is 3.84. The Bertz CT molecular complexity index is 1050. The highest BCUT2D eigenvalue weighted by Crippen LogP contribution is 2.45. The first-order chi connectivity index (χ1) is 13.2.